The van der Waals surface area contributed by atoms with Gasteiger partial charge in [-0.1, -0.05) is 35.8 Å². The summed E-state index contributed by atoms with van der Waals surface area (Å²) in [6.45, 7) is 4.28. The Kier molecular flexibility index (Phi) is 3.57. The van der Waals surface area contributed by atoms with Crippen LogP contribution in [0.25, 0.3) is 33.3 Å². The van der Waals surface area contributed by atoms with Gasteiger partial charge in [0.25, 0.3) is 0 Å². The molecule has 0 aliphatic rings. The second-order valence-electron chi connectivity index (χ2n) is 6.18. The summed E-state index contributed by atoms with van der Waals surface area (Å²) >= 11 is 3.47. The fourth-order valence-electron chi connectivity index (χ4n) is 2.89. The van der Waals surface area contributed by atoms with Crippen LogP contribution >= 0.6 is 15.9 Å². The third-order valence-corrected chi connectivity index (χ3v) is 4.67. The molecule has 0 amide bonds. The number of benzene rings is 2. The molecule has 2 aromatic heterocycles. The Bertz CT molecular complexity index is 1120. The van der Waals surface area contributed by atoms with Crippen LogP contribution in [0.15, 0.2) is 66.6 Å². The first-order valence-corrected chi connectivity index (χ1v) is 8.58. The van der Waals surface area contributed by atoms with E-state index in [4.69, 9.17) is 8.83 Å². The second-order valence-corrected chi connectivity index (χ2v) is 7.10. The summed E-state index contributed by atoms with van der Waals surface area (Å²) in [4.78, 5) is 11.9. The minimum Gasteiger partial charge on any atom is -0.456 e. The SMILES string of the molecule is CC(C)c1ccc2oc(=O)cc(-c3cc4cc(Br)ccc4o3)c2c1. The highest BCUT2D eigenvalue weighted by Gasteiger charge is 2.14. The number of furan rings is 1. The van der Waals surface area contributed by atoms with E-state index in [9.17, 15) is 4.79 Å². The second kappa shape index (κ2) is 5.64. The molecule has 0 saturated carbocycles. The van der Waals surface area contributed by atoms with E-state index in [1.54, 1.807) is 0 Å². The average Bonchev–Trinajstić information content (AvgIpc) is 2.96. The van der Waals surface area contributed by atoms with Crippen LogP contribution in [-0.2, 0) is 0 Å². The number of rotatable bonds is 2. The maximum atomic E-state index is 11.9. The molecule has 2 heterocycles. The van der Waals surface area contributed by atoms with E-state index < -0.39 is 0 Å². The van der Waals surface area contributed by atoms with Gasteiger partial charge in [0.1, 0.15) is 16.9 Å². The first kappa shape index (κ1) is 15.2. The van der Waals surface area contributed by atoms with E-state index >= 15 is 0 Å². The lowest BCUT2D eigenvalue weighted by molar-refractivity contribution is 0.559. The molecule has 2 aromatic carbocycles. The molecular weight excluding hydrogens is 368 g/mol. The molecule has 0 aliphatic heterocycles. The third kappa shape index (κ3) is 2.57. The first-order chi connectivity index (χ1) is 11.5. The molecule has 0 saturated heterocycles. The molecule has 0 N–H and O–H groups in total. The number of fused-ring (bicyclic) bond motifs is 2. The largest absolute Gasteiger partial charge is 0.456 e. The summed E-state index contributed by atoms with van der Waals surface area (Å²) in [5.74, 6) is 1.06. The van der Waals surface area contributed by atoms with E-state index in [2.05, 4.69) is 35.8 Å². The Labute approximate surface area is 147 Å². The zero-order chi connectivity index (χ0) is 16.8. The van der Waals surface area contributed by atoms with Gasteiger partial charge in [-0.2, -0.15) is 0 Å². The topological polar surface area (TPSA) is 43.4 Å². The maximum absolute atomic E-state index is 11.9. The van der Waals surface area contributed by atoms with Crippen molar-refractivity contribution in [2.75, 3.05) is 0 Å². The quantitative estimate of drug-likeness (QED) is 0.393. The molecule has 0 aliphatic carbocycles. The van der Waals surface area contributed by atoms with Gasteiger partial charge in [-0.15, -0.1) is 0 Å². The van der Waals surface area contributed by atoms with Crippen LogP contribution in [0.2, 0.25) is 0 Å². The zero-order valence-corrected chi connectivity index (χ0v) is 14.9. The number of hydrogen-bond acceptors (Lipinski definition) is 3. The lowest BCUT2D eigenvalue weighted by atomic mass is 9.99. The van der Waals surface area contributed by atoms with E-state index in [1.807, 2.05) is 36.4 Å². The molecule has 0 radical (unpaired) electrons. The fourth-order valence-corrected chi connectivity index (χ4v) is 3.27. The normalized spacial score (nSPS) is 11.7. The van der Waals surface area contributed by atoms with Gasteiger partial charge in [-0.25, -0.2) is 4.79 Å². The molecule has 4 aromatic rings. The summed E-state index contributed by atoms with van der Waals surface area (Å²) in [5.41, 5.74) is 2.93. The van der Waals surface area contributed by atoms with Gasteiger partial charge >= 0.3 is 5.63 Å². The van der Waals surface area contributed by atoms with Gasteiger partial charge in [-0.05, 0) is 47.9 Å². The van der Waals surface area contributed by atoms with Crippen LogP contribution < -0.4 is 5.63 Å². The monoisotopic (exact) mass is 382 g/mol. The van der Waals surface area contributed by atoms with Gasteiger partial charge in [0.2, 0.25) is 0 Å². The van der Waals surface area contributed by atoms with Crippen molar-refractivity contribution in [2.45, 2.75) is 19.8 Å². The molecule has 3 nitrogen and oxygen atoms in total. The van der Waals surface area contributed by atoms with Crippen molar-refractivity contribution < 1.29 is 8.83 Å². The van der Waals surface area contributed by atoms with Gasteiger partial charge in [0, 0.05) is 26.9 Å². The highest BCUT2D eigenvalue weighted by atomic mass is 79.9. The van der Waals surface area contributed by atoms with Crippen molar-refractivity contribution in [3.05, 3.63) is 69.0 Å². The number of halogens is 1. The summed E-state index contributed by atoms with van der Waals surface area (Å²) in [6.07, 6.45) is 0. The lowest BCUT2D eigenvalue weighted by Gasteiger charge is -2.08. The predicted octanol–water partition coefficient (Wildman–Crippen LogP) is 6.09. The van der Waals surface area contributed by atoms with Crippen molar-refractivity contribution in [3.8, 4) is 11.3 Å². The summed E-state index contributed by atoms with van der Waals surface area (Å²) in [5, 5.41) is 1.87. The molecule has 0 fully saturated rings. The minimum atomic E-state index is -0.378. The average molecular weight is 383 g/mol. The smallest absolute Gasteiger partial charge is 0.336 e. The van der Waals surface area contributed by atoms with Crippen molar-refractivity contribution >= 4 is 37.9 Å². The Morgan fingerprint density at radius 3 is 2.50 bits per heavy atom. The van der Waals surface area contributed by atoms with Gasteiger partial charge in [-0.3, -0.25) is 0 Å². The minimum absolute atomic E-state index is 0.378. The zero-order valence-electron chi connectivity index (χ0n) is 13.3. The fraction of sp³-hybridized carbons (Fsp3) is 0.150. The molecule has 0 unspecified atom stereocenters. The molecule has 4 rings (SSSR count). The van der Waals surface area contributed by atoms with E-state index in [0.717, 1.165) is 26.4 Å². The van der Waals surface area contributed by atoms with Crippen molar-refractivity contribution in [3.63, 3.8) is 0 Å². The van der Waals surface area contributed by atoms with Crippen LogP contribution in [0.5, 0.6) is 0 Å². The molecule has 0 spiro atoms. The highest BCUT2D eigenvalue weighted by molar-refractivity contribution is 9.10. The first-order valence-electron chi connectivity index (χ1n) is 7.78. The van der Waals surface area contributed by atoms with Crippen molar-refractivity contribution in [1.82, 2.24) is 0 Å². The van der Waals surface area contributed by atoms with E-state index in [0.29, 0.717) is 17.3 Å². The van der Waals surface area contributed by atoms with Crippen LogP contribution in [0.3, 0.4) is 0 Å². The molecule has 0 atom stereocenters. The molecular formula is C20H15BrO3. The Hall–Kier alpha value is -2.33. The maximum Gasteiger partial charge on any atom is 0.336 e. The highest BCUT2D eigenvalue weighted by Crippen LogP contribution is 2.34. The lowest BCUT2D eigenvalue weighted by Crippen LogP contribution is -1.98. The molecule has 4 heteroatoms. The van der Waals surface area contributed by atoms with Crippen LogP contribution in [0.4, 0.5) is 0 Å². The molecule has 0 bridgehead atoms. The van der Waals surface area contributed by atoms with Crippen LogP contribution in [0.1, 0.15) is 25.3 Å². The molecule has 24 heavy (non-hydrogen) atoms. The summed E-state index contributed by atoms with van der Waals surface area (Å²) in [6, 6.07) is 15.2. The van der Waals surface area contributed by atoms with Crippen LogP contribution in [0, 0.1) is 0 Å². The van der Waals surface area contributed by atoms with Crippen LogP contribution in [-0.4, -0.2) is 0 Å². The van der Waals surface area contributed by atoms with E-state index in [1.165, 1.54) is 11.6 Å². The third-order valence-electron chi connectivity index (χ3n) is 4.18. The summed E-state index contributed by atoms with van der Waals surface area (Å²) in [7, 11) is 0. The van der Waals surface area contributed by atoms with E-state index in [-0.39, 0.29) is 5.63 Å². The van der Waals surface area contributed by atoms with Crippen molar-refractivity contribution in [1.29, 1.82) is 0 Å². The standard InChI is InChI=1S/C20H15BrO3/c1-11(2)12-3-5-18-15(8-12)16(10-20(22)24-18)19-9-13-7-14(21)4-6-17(13)23-19/h3-11H,1-2H3. The summed E-state index contributed by atoms with van der Waals surface area (Å²) < 4.78 is 12.3. The predicted molar refractivity (Wildman–Crippen MR) is 99.5 cm³/mol. The van der Waals surface area contributed by atoms with Gasteiger partial charge in [0.05, 0.1) is 0 Å². The molecule has 120 valence electrons. The van der Waals surface area contributed by atoms with Gasteiger partial charge < -0.3 is 8.83 Å². The Balaban J connectivity index is 2.02. The van der Waals surface area contributed by atoms with Crippen molar-refractivity contribution in [2.24, 2.45) is 0 Å². The Morgan fingerprint density at radius 1 is 0.917 bits per heavy atom. The number of hydrogen-bond donors (Lipinski definition) is 0. The Morgan fingerprint density at radius 2 is 1.71 bits per heavy atom. The van der Waals surface area contributed by atoms with Gasteiger partial charge in [0.15, 0.2) is 0 Å².